The van der Waals surface area contributed by atoms with Gasteiger partial charge < -0.3 is 5.11 Å². The molecule has 1 saturated heterocycles. The van der Waals surface area contributed by atoms with E-state index in [1.165, 1.54) is 11.1 Å². The van der Waals surface area contributed by atoms with Crippen molar-refractivity contribution < 1.29 is 5.11 Å². The molecule has 0 amide bonds. The van der Waals surface area contributed by atoms with Gasteiger partial charge in [-0.2, -0.15) is 5.10 Å². The van der Waals surface area contributed by atoms with Crippen molar-refractivity contribution in [2.45, 2.75) is 39.4 Å². The summed E-state index contributed by atoms with van der Waals surface area (Å²) < 4.78 is 1.74. The van der Waals surface area contributed by atoms with Gasteiger partial charge in [0.25, 0.3) is 0 Å². The highest BCUT2D eigenvalue weighted by Gasteiger charge is 2.27. The fraction of sp³-hybridized carbons (Fsp3) is 0.550. The van der Waals surface area contributed by atoms with Crippen molar-refractivity contribution in [3.63, 3.8) is 0 Å². The van der Waals surface area contributed by atoms with E-state index in [9.17, 15) is 5.11 Å². The second-order valence-corrected chi connectivity index (χ2v) is 7.69. The Labute approximate surface area is 161 Å². The molecule has 26 heavy (non-hydrogen) atoms. The van der Waals surface area contributed by atoms with E-state index in [-0.39, 0.29) is 6.61 Å². The maximum absolute atomic E-state index is 9.53. The van der Waals surface area contributed by atoms with Crippen molar-refractivity contribution in [3.8, 4) is 0 Å². The average Bonchev–Trinajstić information content (AvgIpc) is 2.85. The van der Waals surface area contributed by atoms with Crippen LogP contribution in [0, 0.1) is 13.8 Å². The highest BCUT2D eigenvalue weighted by atomic mass is 35.5. The topological polar surface area (TPSA) is 44.5 Å². The molecule has 1 aromatic carbocycles. The van der Waals surface area contributed by atoms with E-state index < -0.39 is 0 Å². The molecule has 142 valence electrons. The van der Waals surface area contributed by atoms with Crippen molar-refractivity contribution in [3.05, 3.63) is 51.8 Å². The first-order valence-electron chi connectivity index (χ1n) is 9.28. The Kier molecular flexibility index (Phi) is 6.35. The molecule has 1 atom stereocenters. The summed E-state index contributed by atoms with van der Waals surface area (Å²) in [5.74, 6) is 0. The lowest BCUT2D eigenvalue weighted by atomic mass is 10.1. The maximum atomic E-state index is 9.53. The lowest BCUT2D eigenvalue weighted by Gasteiger charge is -2.41. The van der Waals surface area contributed by atoms with Crippen LogP contribution in [-0.2, 0) is 20.1 Å². The first kappa shape index (κ1) is 19.4. The smallest absolute Gasteiger partial charge is 0.131 e. The maximum Gasteiger partial charge on any atom is 0.131 e. The summed E-state index contributed by atoms with van der Waals surface area (Å²) in [6.45, 7) is 9.04. The average molecular weight is 377 g/mol. The fourth-order valence-corrected chi connectivity index (χ4v) is 3.97. The van der Waals surface area contributed by atoms with Crippen molar-refractivity contribution in [1.82, 2.24) is 19.6 Å². The summed E-state index contributed by atoms with van der Waals surface area (Å²) in [5, 5.41) is 14.7. The SMILES string of the molecule is Cc1ccc(CN2CCN(Cc3c(C)nn(C)c3Cl)C[C@H]2CCO)cc1. The highest BCUT2D eigenvalue weighted by Crippen LogP contribution is 2.23. The molecule has 6 heteroatoms. The van der Waals surface area contributed by atoms with Crippen molar-refractivity contribution in [2.75, 3.05) is 26.2 Å². The van der Waals surface area contributed by atoms with Crippen molar-refractivity contribution in [2.24, 2.45) is 7.05 Å². The molecule has 2 aromatic rings. The summed E-state index contributed by atoms with van der Waals surface area (Å²) in [4.78, 5) is 4.93. The van der Waals surface area contributed by atoms with Gasteiger partial charge in [-0.15, -0.1) is 0 Å². The van der Waals surface area contributed by atoms with Crippen molar-refractivity contribution >= 4 is 11.6 Å². The molecule has 3 rings (SSSR count). The Morgan fingerprint density at radius 1 is 1.15 bits per heavy atom. The minimum absolute atomic E-state index is 0.218. The summed E-state index contributed by atoms with van der Waals surface area (Å²) in [5.41, 5.74) is 4.73. The number of benzene rings is 1. The summed E-state index contributed by atoms with van der Waals surface area (Å²) in [6, 6.07) is 9.10. The Balaban J connectivity index is 1.66. The third kappa shape index (κ3) is 4.46. The van der Waals surface area contributed by atoms with Gasteiger partial charge in [-0.1, -0.05) is 41.4 Å². The molecule has 0 spiro atoms. The van der Waals surface area contributed by atoms with Crippen LogP contribution in [0.25, 0.3) is 0 Å². The Bertz CT molecular complexity index is 728. The number of rotatable bonds is 6. The number of nitrogens with zero attached hydrogens (tertiary/aromatic N) is 4. The molecule has 2 heterocycles. The standard InChI is InChI=1S/C20H29ClN4O/c1-15-4-6-17(7-5-15)12-25-10-9-24(13-18(25)8-11-26)14-19-16(2)22-23(3)20(19)21/h4-7,18,26H,8-14H2,1-3H3/t18-/m1/s1. The molecule has 1 aromatic heterocycles. The van der Waals surface area contributed by atoms with Gasteiger partial charge in [0.1, 0.15) is 5.15 Å². The van der Waals surface area contributed by atoms with Gasteiger partial charge in [0.05, 0.1) is 5.69 Å². The number of hydrogen-bond acceptors (Lipinski definition) is 4. The van der Waals surface area contributed by atoms with Gasteiger partial charge in [-0.05, 0) is 25.8 Å². The largest absolute Gasteiger partial charge is 0.396 e. The van der Waals surface area contributed by atoms with E-state index in [1.807, 2.05) is 14.0 Å². The third-order valence-corrected chi connectivity index (χ3v) is 5.78. The molecular weight excluding hydrogens is 348 g/mol. The monoisotopic (exact) mass is 376 g/mol. The number of aryl methyl sites for hydroxylation is 3. The number of hydrogen-bond donors (Lipinski definition) is 1. The zero-order chi connectivity index (χ0) is 18.7. The number of aliphatic hydroxyl groups is 1. The van der Waals surface area contributed by atoms with Crippen LogP contribution in [0.1, 0.15) is 28.8 Å². The van der Waals surface area contributed by atoms with Crippen LogP contribution in [0.15, 0.2) is 24.3 Å². The second-order valence-electron chi connectivity index (χ2n) is 7.34. The minimum atomic E-state index is 0.218. The molecule has 0 saturated carbocycles. The van der Waals surface area contributed by atoms with Crippen LogP contribution in [0.3, 0.4) is 0 Å². The number of aromatic nitrogens is 2. The quantitative estimate of drug-likeness (QED) is 0.842. The third-order valence-electron chi connectivity index (χ3n) is 5.31. The Hall–Kier alpha value is -1.40. The van der Waals surface area contributed by atoms with Gasteiger partial charge in [0.15, 0.2) is 0 Å². The first-order valence-corrected chi connectivity index (χ1v) is 9.66. The predicted molar refractivity (Wildman–Crippen MR) is 105 cm³/mol. The molecule has 0 aliphatic carbocycles. The van der Waals surface area contributed by atoms with E-state index in [1.54, 1.807) is 4.68 Å². The van der Waals surface area contributed by atoms with E-state index >= 15 is 0 Å². The molecule has 1 aliphatic rings. The van der Waals surface area contributed by atoms with Gasteiger partial charge in [-0.3, -0.25) is 14.5 Å². The lowest BCUT2D eigenvalue weighted by molar-refractivity contribution is 0.0499. The molecule has 0 bridgehead atoms. The van der Waals surface area contributed by atoms with Gasteiger partial charge in [-0.25, -0.2) is 0 Å². The van der Waals surface area contributed by atoms with E-state index in [4.69, 9.17) is 11.6 Å². The zero-order valence-corrected chi connectivity index (χ0v) is 16.7. The van der Waals surface area contributed by atoms with Crippen LogP contribution >= 0.6 is 11.6 Å². The first-order chi connectivity index (χ1) is 12.5. The number of halogens is 1. The predicted octanol–water partition coefficient (Wildman–Crippen LogP) is 2.76. The van der Waals surface area contributed by atoms with Crippen LogP contribution in [0.5, 0.6) is 0 Å². The van der Waals surface area contributed by atoms with Crippen LogP contribution < -0.4 is 0 Å². The summed E-state index contributed by atoms with van der Waals surface area (Å²) in [6.07, 6.45) is 0.794. The molecule has 5 nitrogen and oxygen atoms in total. The molecular formula is C20H29ClN4O. The highest BCUT2D eigenvalue weighted by molar-refractivity contribution is 6.30. The van der Waals surface area contributed by atoms with E-state index in [0.717, 1.165) is 55.6 Å². The molecule has 1 aliphatic heterocycles. The fourth-order valence-electron chi connectivity index (χ4n) is 3.74. The number of aliphatic hydroxyl groups excluding tert-OH is 1. The van der Waals surface area contributed by atoms with Gasteiger partial charge in [0, 0.05) is 58.0 Å². The lowest BCUT2D eigenvalue weighted by Crippen LogP contribution is -2.52. The van der Waals surface area contributed by atoms with Gasteiger partial charge >= 0.3 is 0 Å². The Morgan fingerprint density at radius 3 is 2.50 bits per heavy atom. The molecule has 0 unspecified atom stereocenters. The normalized spacial score (nSPS) is 19.2. The van der Waals surface area contributed by atoms with Gasteiger partial charge in [0.2, 0.25) is 0 Å². The van der Waals surface area contributed by atoms with Crippen molar-refractivity contribution in [1.29, 1.82) is 0 Å². The zero-order valence-electron chi connectivity index (χ0n) is 16.0. The molecule has 1 fully saturated rings. The van der Waals surface area contributed by atoms with E-state index in [0.29, 0.717) is 6.04 Å². The second kappa shape index (κ2) is 8.53. The summed E-state index contributed by atoms with van der Waals surface area (Å²) in [7, 11) is 1.88. The number of piperazine rings is 1. The Morgan fingerprint density at radius 2 is 1.88 bits per heavy atom. The summed E-state index contributed by atoms with van der Waals surface area (Å²) >= 11 is 6.40. The van der Waals surface area contributed by atoms with Crippen LogP contribution in [-0.4, -0.2) is 57.0 Å². The molecule has 0 radical (unpaired) electrons. The minimum Gasteiger partial charge on any atom is -0.396 e. The van der Waals surface area contributed by atoms with Crippen LogP contribution in [0.4, 0.5) is 0 Å². The molecule has 1 N–H and O–H groups in total. The van der Waals surface area contributed by atoms with Crippen LogP contribution in [0.2, 0.25) is 5.15 Å². The van der Waals surface area contributed by atoms with E-state index in [2.05, 4.69) is 46.1 Å².